The maximum absolute atomic E-state index is 11.5. The van der Waals surface area contributed by atoms with Gasteiger partial charge in [0.2, 0.25) is 0 Å². The van der Waals surface area contributed by atoms with Crippen LogP contribution in [0, 0.1) is 17.8 Å². The van der Waals surface area contributed by atoms with Gasteiger partial charge in [-0.25, -0.2) is 4.79 Å². The Kier molecular flexibility index (Phi) is 4.60. The molecular weight excluding hydrogens is 218 g/mol. The Morgan fingerprint density at radius 1 is 1.60 bits per heavy atom. The van der Waals surface area contributed by atoms with Crippen molar-refractivity contribution in [3.05, 3.63) is 0 Å². The van der Waals surface area contributed by atoms with E-state index in [0.29, 0.717) is 6.54 Å². The number of halogens is 1. The molecule has 0 bridgehead atoms. The molecule has 4 nitrogen and oxygen atoms in total. The highest BCUT2D eigenvalue weighted by atomic mass is 35.5. The lowest BCUT2D eigenvalue weighted by molar-refractivity contribution is -0.159. The van der Waals surface area contributed by atoms with Crippen LogP contribution in [0.25, 0.3) is 0 Å². The Balaban J connectivity index is 2.57. The molecule has 1 unspecified atom stereocenters. The number of alkyl halides is 1. The normalized spacial score (nSPS) is 24.1. The molecule has 0 spiro atoms. The van der Waals surface area contributed by atoms with E-state index in [4.69, 9.17) is 11.6 Å². The zero-order valence-corrected chi connectivity index (χ0v) is 9.13. The summed E-state index contributed by atoms with van der Waals surface area (Å²) in [5.41, 5.74) is 0. The fourth-order valence-electron chi connectivity index (χ4n) is 1.49. The average molecular weight is 230 g/mol. The van der Waals surface area contributed by atoms with Crippen LogP contribution in [-0.2, 0) is 14.3 Å². The Labute approximate surface area is 93.3 Å². The van der Waals surface area contributed by atoms with Gasteiger partial charge in [-0.3, -0.25) is 4.79 Å². The molecule has 2 atom stereocenters. The van der Waals surface area contributed by atoms with E-state index in [1.54, 1.807) is 6.92 Å². The molecule has 0 amide bonds. The number of ether oxygens (including phenoxy) is 1. The Morgan fingerprint density at radius 3 is 2.93 bits per heavy atom. The van der Waals surface area contributed by atoms with Gasteiger partial charge in [0, 0.05) is 5.92 Å². The summed E-state index contributed by atoms with van der Waals surface area (Å²) in [6.07, 6.45) is 0.787. The molecule has 82 valence electrons. The predicted molar refractivity (Wildman–Crippen MR) is 55.2 cm³/mol. The summed E-state index contributed by atoms with van der Waals surface area (Å²) < 4.78 is 4.52. The first kappa shape index (κ1) is 12.0. The molecule has 5 heteroatoms. The Bertz CT molecular complexity index is 318. The Morgan fingerprint density at radius 2 is 2.33 bits per heavy atom. The van der Waals surface area contributed by atoms with E-state index < -0.39 is 18.0 Å². The van der Waals surface area contributed by atoms with Gasteiger partial charge in [-0.1, -0.05) is 5.92 Å². The molecule has 0 radical (unpaired) electrons. The molecule has 1 aliphatic rings. The first-order valence-corrected chi connectivity index (χ1v) is 5.18. The number of carbonyl (C=O) groups excluding carboxylic acids is 2. The highest BCUT2D eigenvalue weighted by molar-refractivity contribution is 6.27. The van der Waals surface area contributed by atoms with Crippen LogP contribution < -0.4 is 5.32 Å². The second kappa shape index (κ2) is 5.74. The average Bonchev–Trinajstić information content (AvgIpc) is 2.66. The first-order chi connectivity index (χ1) is 7.19. The smallest absolute Gasteiger partial charge is 0.332 e. The summed E-state index contributed by atoms with van der Waals surface area (Å²) >= 11 is 5.23. The minimum absolute atomic E-state index is 0.0781. The maximum atomic E-state index is 11.5. The largest absolute Gasteiger partial charge is 0.391 e. The molecule has 0 saturated carbocycles. The summed E-state index contributed by atoms with van der Waals surface area (Å²) in [6.45, 7) is 2.42. The van der Waals surface area contributed by atoms with Crippen LogP contribution in [0.3, 0.4) is 0 Å². The summed E-state index contributed by atoms with van der Waals surface area (Å²) in [5, 5.41) is 2.95. The van der Waals surface area contributed by atoms with Crippen molar-refractivity contribution in [3.8, 4) is 11.8 Å². The lowest BCUT2D eigenvalue weighted by Crippen LogP contribution is -2.38. The van der Waals surface area contributed by atoms with Crippen LogP contribution >= 0.6 is 11.6 Å². The topological polar surface area (TPSA) is 55.4 Å². The molecule has 0 aromatic rings. The van der Waals surface area contributed by atoms with Gasteiger partial charge < -0.3 is 10.1 Å². The molecule has 1 rings (SSSR count). The van der Waals surface area contributed by atoms with E-state index in [1.807, 2.05) is 0 Å². The van der Waals surface area contributed by atoms with Crippen molar-refractivity contribution in [1.82, 2.24) is 5.32 Å². The number of hydrogen-bond donors (Lipinski definition) is 1. The number of hydrogen-bond acceptors (Lipinski definition) is 4. The fraction of sp³-hybridized carbons (Fsp3) is 0.600. The summed E-state index contributed by atoms with van der Waals surface area (Å²) in [6, 6.07) is -0.510. The van der Waals surface area contributed by atoms with E-state index in [2.05, 4.69) is 21.9 Å². The van der Waals surface area contributed by atoms with Crippen LogP contribution in [-0.4, -0.2) is 30.4 Å². The van der Waals surface area contributed by atoms with Crippen LogP contribution in [0.1, 0.15) is 13.3 Å². The summed E-state index contributed by atoms with van der Waals surface area (Å²) in [5.74, 6) is 3.95. The van der Waals surface area contributed by atoms with Crippen molar-refractivity contribution in [1.29, 1.82) is 0 Å². The predicted octanol–water partition coefficient (Wildman–Crippen LogP) is 0.296. The van der Waals surface area contributed by atoms with E-state index in [1.165, 1.54) is 0 Å². The number of rotatable bonds is 2. The zero-order chi connectivity index (χ0) is 11.3. The van der Waals surface area contributed by atoms with Crippen LogP contribution in [0.15, 0.2) is 0 Å². The molecule has 1 heterocycles. The molecule has 0 aromatic carbocycles. The molecule has 0 aromatic heterocycles. The van der Waals surface area contributed by atoms with Gasteiger partial charge in [-0.05, 0) is 19.9 Å². The van der Waals surface area contributed by atoms with E-state index in [0.717, 1.165) is 6.42 Å². The van der Waals surface area contributed by atoms with Gasteiger partial charge in [0.05, 0.1) is 0 Å². The monoisotopic (exact) mass is 229 g/mol. The number of esters is 2. The minimum Gasteiger partial charge on any atom is -0.391 e. The lowest BCUT2D eigenvalue weighted by Gasteiger charge is -2.12. The molecule has 1 fully saturated rings. The molecular formula is C10H12ClNO3. The molecule has 15 heavy (non-hydrogen) atoms. The minimum atomic E-state index is -0.724. The van der Waals surface area contributed by atoms with E-state index in [9.17, 15) is 9.59 Å². The second-order valence-corrected chi connectivity index (χ2v) is 3.42. The highest BCUT2D eigenvalue weighted by Crippen LogP contribution is 2.15. The van der Waals surface area contributed by atoms with Gasteiger partial charge in [-0.15, -0.1) is 17.5 Å². The third-order valence-corrected chi connectivity index (χ3v) is 2.35. The van der Waals surface area contributed by atoms with Gasteiger partial charge in [0.15, 0.2) is 0 Å². The number of nitrogens with one attached hydrogen (secondary N) is 1. The summed E-state index contributed by atoms with van der Waals surface area (Å²) in [4.78, 5) is 22.3. The first-order valence-electron chi connectivity index (χ1n) is 4.65. The van der Waals surface area contributed by atoms with Crippen molar-refractivity contribution in [2.45, 2.75) is 19.4 Å². The van der Waals surface area contributed by atoms with Gasteiger partial charge in [-0.2, -0.15) is 0 Å². The fourth-order valence-corrected chi connectivity index (χ4v) is 1.55. The maximum Gasteiger partial charge on any atom is 0.332 e. The molecule has 1 N–H and O–H groups in total. The van der Waals surface area contributed by atoms with Crippen molar-refractivity contribution >= 4 is 23.5 Å². The molecule has 1 aliphatic heterocycles. The SMILES string of the molecule is CC#CC1CCN[C@@H]1C(=O)OC(=O)CCl. The summed E-state index contributed by atoms with van der Waals surface area (Å²) in [7, 11) is 0. The lowest BCUT2D eigenvalue weighted by atomic mass is 10.0. The van der Waals surface area contributed by atoms with Crippen molar-refractivity contribution in [2.75, 3.05) is 12.4 Å². The second-order valence-electron chi connectivity index (χ2n) is 3.15. The van der Waals surface area contributed by atoms with E-state index in [-0.39, 0.29) is 11.8 Å². The van der Waals surface area contributed by atoms with Gasteiger partial charge in [0.25, 0.3) is 0 Å². The van der Waals surface area contributed by atoms with Crippen LogP contribution in [0.2, 0.25) is 0 Å². The highest BCUT2D eigenvalue weighted by Gasteiger charge is 2.33. The number of carbonyl (C=O) groups is 2. The molecule has 0 aliphatic carbocycles. The third-order valence-electron chi connectivity index (χ3n) is 2.13. The van der Waals surface area contributed by atoms with Crippen LogP contribution in [0.4, 0.5) is 0 Å². The van der Waals surface area contributed by atoms with Crippen molar-refractivity contribution < 1.29 is 14.3 Å². The standard InChI is InChI=1S/C10H12ClNO3/c1-2-3-7-4-5-12-9(7)10(14)15-8(13)6-11/h7,9,12H,4-6H2,1H3/t7?,9-/m0/s1. The van der Waals surface area contributed by atoms with Gasteiger partial charge in [0.1, 0.15) is 11.9 Å². The van der Waals surface area contributed by atoms with Crippen LogP contribution in [0.5, 0.6) is 0 Å². The third kappa shape index (κ3) is 3.22. The van der Waals surface area contributed by atoms with Gasteiger partial charge >= 0.3 is 11.9 Å². The molecule has 1 saturated heterocycles. The zero-order valence-electron chi connectivity index (χ0n) is 8.38. The Hall–Kier alpha value is -1.05. The van der Waals surface area contributed by atoms with E-state index >= 15 is 0 Å². The van der Waals surface area contributed by atoms with Crippen molar-refractivity contribution in [3.63, 3.8) is 0 Å². The van der Waals surface area contributed by atoms with Crippen molar-refractivity contribution in [2.24, 2.45) is 5.92 Å². The quantitative estimate of drug-likeness (QED) is 0.320.